The summed E-state index contributed by atoms with van der Waals surface area (Å²) < 4.78 is 2.05. The number of fused-ring (bicyclic) bond motifs is 1. The number of pyridine rings is 1. The maximum Gasteiger partial charge on any atom is 0.267 e. The highest BCUT2D eigenvalue weighted by Gasteiger charge is 2.34. The van der Waals surface area contributed by atoms with E-state index in [0.29, 0.717) is 26.3 Å². The molecule has 0 unspecified atom stereocenters. The van der Waals surface area contributed by atoms with Crippen molar-refractivity contribution in [3.8, 4) is 0 Å². The third kappa shape index (κ3) is 3.17. The Morgan fingerprint density at radius 2 is 1.96 bits per heavy atom. The molecule has 0 atom stereocenters. The first-order valence-corrected chi connectivity index (χ1v) is 10.2. The van der Waals surface area contributed by atoms with Crippen LogP contribution in [0.2, 0.25) is 0 Å². The van der Waals surface area contributed by atoms with Crippen LogP contribution >= 0.6 is 24.0 Å². The molecule has 2 aromatic rings. The van der Waals surface area contributed by atoms with Gasteiger partial charge in [0, 0.05) is 25.3 Å². The molecule has 2 aliphatic heterocycles. The average Bonchev–Trinajstić information content (AvgIpc) is 3.25. The number of anilines is 1. The van der Waals surface area contributed by atoms with Crippen molar-refractivity contribution >= 4 is 51.7 Å². The van der Waals surface area contributed by atoms with Crippen molar-refractivity contribution < 1.29 is 4.79 Å². The van der Waals surface area contributed by atoms with E-state index in [4.69, 9.17) is 17.2 Å². The Balaban J connectivity index is 1.89. The summed E-state index contributed by atoms with van der Waals surface area (Å²) in [6.45, 7) is 5.58. The summed E-state index contributed by atoms with van der Waals surface area (Å²) in [5, 5.41) is 0. The van der Waals surface area contributed by atoms with Gasteiger partial charge in [0.25, 0.3) is 11.5 Å². The molecule has 0 spiro atoms. The number of amides is 1. The molecule has 1 amide bonds. The van der Waals surface area contributed by atoms with E-state index in [1.807, 2.05) is 26.0 Å². The minimum atomic E-state index is -0.169. The van der Waals surface area contributed by atoms with Crippen LogP contribution in [0.1, 0.15) is 32.3 Å². The van der Waals surface area contributed by atoms with Crippen molar-refractivity contribution in [2.24, 2.45) is 0 Å². The highest BCUT2D eigenvalue weighted by atomic mass is 32.2. The van der Waals surface area contributed by atoms with Crippen molar-refractivity contribution in [1.29, 1.82) is 0 Å². The van der Waals surface area contributed by atoms with Gasteiger partial charge in [0.15, 0.2) is 0 Å². The van der Waals surface area contributed by atoms with E-state index < -0.39 is 0 Å². The molecule has 6 nitrogen and oxygen atoms in total. The first-order chi connectivity index (χ1) is 13.0. The number of carbonyl (C=O) groups is 1. The van der Waals surface area contributed by atoms with E-state index in [1.54, 1.807) is 23.2 Å². The minimum Gasteiger partial charge on any atom is -0.356 e. The van der Waals surface area contributed by atoms with Crippen LogP contribution in [0.4, 0.5) is 5.82 Å². The second-order valence-corrected chi connectivity index (χ2v) is 8.60. The number of thioether (sulfide) groups is 1. The summed E-state index contributed by atoms with van der Waals surface area (Å²) in [4.78, 5) is 34.9. The van der Waals surface area contributed by atoms with Gasteiger partial charge in [-0.1, -0.05) is 30.0 Å². The zero-order valence-electron chi connectivity index (χ0n) is 15.2. The molecule has 2 saturated heterocycles. The molecular formula is C19H20N4O2S2. The number of carbonyl (C=O) groups excluding carboxylic acids is 1. The molecule has 27 heavy (non-hydrogen) atoms. The van der Waals surface area contributed by atoms with Crippen molar-refractivity contribution in [1.82, 2.24) is 14.3 Å². The lowest BCUT2D eigenvalue weighted by molar-refractivity contribution is -0.123. The van der Waals surface area contributed by atoms with E-state index in [9.17, 15) is 9.59 Å². The largest absolute Gasteiger partial charge is 0.356 e. The van der Waals surface area contributed by atoms with E-state index in [1.165, 1.54) is 16.2 Å². The predicted octanol–water partition coefficient (Wildman–Crippen LogP) is 2.90. The Bertz CT molecular complexity index is 1020. The van der Waals surface area contributed by atoms with Crippen LogP contribution in [0.5, 0.6) is 0 Å². The Morgan fingerprint density at radius 1 is 1.22 bits per heavy atom. The fourth-order valence-electron chi connectivity index (χ4n) is 3.44. The Hall–Kier alpha value is -2.19. The fourth-order valence-corrected chi connectivity index (χ4v) is 4.95. The topological polar surface area (TPSA) is 57.9 Å². The normalized spacial score (nSPS) is 19.3. The molecule has 8 heteroatoms. The predicted molar refractivity (Wildman–Crippen MR) is 113 cm³/mol. The molecule has 0 radical (unpaired) electrons. The van der Waals surface area contributed by atoms with Gasteiger partial charge < -0.3 is 4.90 Å². The third-order valence-electron chi connectivity index (χ3n) is 4.77. The van der Waals surface area contributed by atoms with Crippen LogP contribution in [0.25, 0.3) is 11.7 Å². The van der Waals surface area contributed by atoms with Gasteiger partial charge in [0.1, 0.15) is 15.8 Å². The van der Waals surface area contributed by atoms with Crippen LogP contribution in [0, 0.1) is 0 Å². The summed E-state index contributed by atoms with van der Waals surface area (Å²) in [7, 11) is 0. The van der Waals surface area contributed by atoms with Gasteiger partial charge >= 0.3 is 0 Å². The summed E-state index contributed by atoms with van der Waals surface area (Å²) in [6, 6.07) is 5.47. The lowest BCUT2D eigenvalue weighted by Crippen LogP contribution is -2.34. The highest BCUT2D eigenvalue weighted by molar-refractivity contribution is 8.26. The van der Waals surface area contributed by atoms with Gasteiger partial charge in [-0.05, 0) is 44.9 Å². The molecule has 4 heterocycles. The average molecular weight is 401 g/mol. The zero-order valence-corrected chi connectivity index (χ0v) is 16.8. The first-order valence-electron chi connectivity index (χ1n) is 9.01. The quantitative estimate of drug-likeness (QED) is 0.583. The van der Waals surface area contributed by atoms with Gasteiger partial charge in [-0.3, -0.25) is 18.9 Å². The molecule has 2 aromatic heterocycles. The third-order valence-corrected chi connectivity index (χ3v) is 6.10. The Morgan fingerprint density at radius 3 is 2.63 bits per heavy atom. The fraction of sp³-hybridized carbons (Fsp3) is 0.368. The van der Waals surface area contributed by atoms with E-state index in [-0.39, 0.29) is 17.5 Å². The lowest BCUT2D eigenvalue weighted by atomic mass is 10.2. The SMILES string of the molecule is CC(C)N1C(=O)C(=Cc2c(N3CCCC3)nc3ccccn3c2=O)SC1=S. The molecule has 0 saturated carbocycles. The van der Waals surface area contributed by atoms with Crippen molar-refractivity contribution in [3.63, 3.8) is 0 Å². The first kappa shape index (κ1) is 18.2. The number of nitrogens with zero attached hydrogens (tertiary/aromatic N) is 4. The second-order valence-electron chi connectivity index (χ2n) is 6.92. The summed E-state index contributed by atoms with van der Waals surface area (Å²) in [5.41, 5.74) is 0.887. The standard InChI is InChI=1S/C19H20N4O2S2/c1-12(2)23-18(25)14(27-19(23)26)11-13-16(21-8-5-6-9-21)20-15-7-3-4-10-22(15)17(13)24/h3-4,7,10-12H,5-6,8-9H2,1-2H3. The number of thiocarbonyl (C=S) groups is 1. The lowest BCUT2D eigenvalue weighted by Gasteiger charge is -2.20. The Labute approximate surface area is 166 Å². The van der Waals surface area contributed by atoms with E-state index in [0.717, 1.165) is 25.9 Å². The molecular weight excluding hydrogens is 380 g/mol. The molecule has 0 N–H and O–H groups in total. The Kier molecular flexibility index (Phi) is 4.77. The summed E-state index contributed by atoms with van der Waals surface area (Å²) in [6.07, 6.45) is 5.52. The number of hydrogen-bond acceptors (Lipinski definition) is 6. The molecule has 2 fully saturated rings. The monoisotopic (exact) mass is 400 g/mol. The van der Waals surface area contributed by atoms with Gasteiger partial charge in [-0.15, -0.1) is 0 Å². The molecule has 4 rings (SSSR count). The maximum absolute atomic E-state index is 13.2. The summed E-state index contributed by atoms with van der Waals surface area (Å²) >= 11 is 6.60. The highest BCUT2D eigenvalue weighted by Crippen LogP contribution is 2.35. The van der Waals surface area contributed by atoms with Crippen molar-refractivity contribution in [2.75, 3.05) is 18.0 Å². The molecule has 0 bridgehead atoms. The maximum atomic E-state index is 13.2. The minimum absolute atomic E-state index is 0.0164. The van der Waals surface area contributed by atoms with Crippen LogP contribution in [0.3, 0.4) is 0 Å². The van der Waals surface area contributed by atoms with Gasteiger partial charge in [0.2, 0.25) is 0 Å². The molecule has 2 aliphatic rings. The van der Waals surface area contributed by atoms with Gasteiger partial charge in [0.05, 0.1) is 10.5 Å². The second kappa shape index (κ2) is 7.09. The zero-order chi connectivity index (χ0) is 19.1. The number of rotatable bonds is 3. The molecule has 140 valence electrons. The molecule has 0 aliphatic carbocycles. The smallest absolute Gasteiger partial charge is 0.267 e. The van der Waals surface area contributed by atoms with Gasteiger partial charge in [-0.2, -0.15) is 0 Å². The van der Waals surface area contributed by atoms with Crippen LogP contribution < -0.4 is 10.5 Å². The molecule has 0 aromatic carbocycles. The van der Waals surface area contributed by atoms with Crippen molar-refractivity contribution in [3.05, 3.63) is 45.2 Å². The van der Waals surface area contributed by atoms with Crippen molar-refractivity contribution in [2.45, 2.75) is 32.7 Å². The van der Waals surface area contributed by atoms with Crippen LogP contribution in [-0.4, -0.2) is 43.6 Å². The number of hydrogen-bond donors (Lipinski definition) is 0. The van der Waals surface area contributed by atoms with Crippen LogP contribution in [-0.2, 0) is 4.79 Å². The van der Waals surface area contributed by atoms with E-state index in [2.05, 4.69) is 4.90 Å². The summed E-state index contributed by atoms with van der Waals surface area (Å²) in [5.74, 6) is 0.503. The number of aromatic nitrogens is 2. The van der Waals surface area contributed by atoms with Crippen LogP contribution in [0.15, 0.2) is 34.1 Å². The van der Waals surface area contributed by atoms with E-state index >= 15 is 0 Å². The van der Waals surface area contributed by atoms with Gasteiger partial charge in [-0.25, -0.2) is 4.98 Å².